The number of ketones is 1. The average Bonchev–Trinajstić information content (AvgIpc) is 3.21. The van der Waals surface area contributed by atoms with Crippen LogP contribution in [-0.4, -0.2) is 52.5 Å². The number of pyridine rings is 1. The first-order valence-electron chi connectivity index (χ1n) is 8.45. The van der Waals surface area contributed by atoms with Crippen molar-refractivity contribution in [3.63, 3.8) is 0 Å². The number of phenolic OH excluding ortho intramolecular Hbond substituents is 1. The summed E-state index contributed by atoms with van der Waals surface area (Å²) >= 11 is 0. The molecule has 2 aliphatic heterocycles. The summed E-state index contributed by atoms with van der Waals surface area (Å²) in [5.41, 5.74) is 0.428. The second-order valence-corrected chi connectivity index (χ2v) is 6.57. The lowest BCUT2D eigenvalue weighted by Crippen LogP contribution is -2.47. The van der Waals surface area contributed by atoms with Gasteiger partial charge in [0.2, 0.25) is 0 Å². The van der Waals surface area contributed by atoms with Crippen molar-refractivity contribution >= 4 is 11.6 Å². The van der Waals surface area contributed by atoms with Gasteiger partial charge in [0.1, 0.15) is 11.6 Å². The number of piperazine rings is 1. The van der Waals surface area contributed by atoms with Gasteiger partial charge in [0, 0.05) is 44.3 Å². The molecule has 0 aliphatic carbocycles. The van der Waals surface area contributed by atoms with Gasteiger partial charge in [-0.15, -0.1) is 0 Å². The van der Waals surface area contributed by atoms with Crippen LogP contribution in [-0.2, 0) is 0 Å². The molecule has 24 heavy (non-hydrogen) atoms. The molecule has 2 saturated heterocycles. The Morgan fingerprint density at radius 2 is 1.96 bits per heavy atom. The van der Waals surface area contributed by atoms with Crippen molar-refractivity contribution in [1.29, 1.82) is 0 Å². The van der Waals surface area contributed by atoms with E-state index in [2.05, 4.69) is 20.9 Å². The summed E-state index contributed by atoms with van der Waals surface area (Å²) < 4.78 is 0. The lowest BCUT2D eigenvalue weighted by Gasteiger charge is -2.34. The number of Topliss-reactive ketones (excluding diaryl/α,β-unsaturated/α-hetero) is 1. The van der Waals surface area contributed by atoms with Gasteiger partial charge in [-0.2, -0.15) is 0 Å². The van der Waals surface area contributed by atoms with Crippen molar-refractivity contribution in [3.05, 3.63) is 54.2 Å². The maximum absolute atomic E-state index is 12.3. The van der Waals surface area contributed by atoms with E-state index in [1.165, 1.54) is 0 Å². The number of nitrogens with zero attached hydrogens (tertiary/aromatic N) is 3. The number of benzene rings is 1. The van der Waals surface area contributed by atoms with Gasteiger partial charge in [-0.05, 0) is 30.7 Å². The van der Waals surface area contributed by atoms with Gasteiger partial charge in [-0.1, -0.05) is 18.2 Å². The van der Waals surface area contributed by atoms with Crippen molar-refractivity contribution in [2.24, 2.45) is 0 Å². The van der Waals surface area contributed by atoms with Crippen molar-refractivity contribution in [3.8, 4) is 5.75 Å². The molecular weight excluding hydrogens is 302 g/mol. The Morgan fingerprint density at radius 3 is 2.67 bits per heavy atom. The number of likely N-dealkylation sites (tertiary alicyclic amines) is 1. The van der Waals surface area contributed by atoms with Crippen LogP contribution in [0.1, 0.15) is 23.2 Å². The molecule has 0 radical (unpaired) electrons. The van der Waals surface area contributed by atoms with Gasteiger partial charge in [0.15, 0.2) is 5.78 Å². The Kier molecular flexibility index (Phi) is 3.94. The molecule has 0 spiro atoms. The fraction of sp³-hybridized carbons (Fsp3) is 0.368. The Morgan fingerprint density at radius 1 is 1.12 bits per heavy atom. The number of aromatic nitrogens is 1. The van der Waals surface area contributed by atoms with E-state index < -0.39 is 0 Å². The van der Waals surface area contributed by atoms with Gasteiger partial charge < -0.3 is 10.0 Å². The molecule has 0 unspecified atom stereocenters. The topological polar surface area (TPSA) is 56.7 Å². The average molecular weight is 323 g/mol. The minimum absolute atomic E-state index is 0.0115. The molecule has 5 nitrogen and oxygen atoms in total. The summed E-state index contributed by atoms with van der Waals surface area (Å²) in [4.78, 5) is 21.5. The summed E-state index contributed by atoms with van der Waals surface area (Å²) in [6, 6.07) is 13.8. The third-order valence-electron chi connectivity index (χ3n) is 5.13. The Hall–Kier alpha value is -2.40. The van der Waals surface area contributed by atoms with E-state index in [1.807, 2.05) is 18.3 Å². The van der Waals surface area contributed by atoms with E-state index in [-0.39, 0.29) is 11.5 Å². The Labute approximate surface area is 141 Å². The molecule has 2 aliphatic rings. The zero-order valence-corrected chi connectivity index (χ0v) is 13.5. The van der Waals surface area contributed by atoms with Crippen LogP contribution in [0.15, 0.2) is 48.7 Å². The molecule has 2 atom stereocenters. The molecule has 0 saturated carbocycles. The predicted octanol–water partition coefficient (Wildman–Crippen LogP) is 2.32. The van der Waals surface area contributed by atoms with E-state index in [0.29, 0.717) is 24.1 Å². The van der Waals surface area contributed by atoms with Crippen LogP contribution in [0, 0.1) is 0 Å². The van der Waals surface area contributed by atoms with Gasteiger partial charge in [-0.25, -0.2) is 4.98 Å². The SMILES string of the molecule is O=C(CCN1C[C@H]2C[C@@H]1CN2c1ccccn1)c1ccccc1O. The highest BCUT2D eigenvalue weighted by Crippen LogP contribution is 2.33. The normalized spacial score (nSPS) is 22.9. The Balaban J connectivity index is 1.35. The second-order valence-electron chi connectivity index (χ2n) is 6.57. The predicted molar refractivity (Wildman–Crippen MR) is 92.4 cm³/mol. The largest absolute Gasteiger partial charge is 0.507 e. The number of carbonyl (C=O) groups excluding carboxylic acids is 1. The molecule has 2 aromatic rings. The third kappa shape index (κ3) is 2.76. The molecule has 0 amide bonds. The summed E-state index contributed by atoms with van der Waals surface area (Å²) in [5.74, 6) is 1.14. The summed E-state index contributed by atoms with van der Waals surface area (Å²) in [5, 5.41) is 9.79. The molecule has 4 rings (SSSR count). The molecule has 124 valence electrons. The molecule has 1 N–H and O–H groups in total. The summed E-state index contributed by atoms with van der Waals surface area (Å²) in [7, 11) is 0. The number of hydrogen-bond acceptors (Lipinski definition) is 5. The number of fused-ring (bicyclic) bond motifs is 2. The van der Waals surface area contributed by atoms with Crippen LogP contribution in [0.25, 0.3) is 0 Å². The fourth-order valence-electron chi connectivity index (χ4n) is 3.92. The van der Waals surface area contributed by atoms with Gasteiger partial charge in [-0.3, -0.25) is 9.69 Å². The molecular formula is C19H21N3O2. The number of phenols is 1. The number of hydrogen-bond donors (Lipinski definition) is 1. The second kappa shape index (κ2) is 6.24. The molecule has 5 heteroatoms. The Bertz CT molecular complexity index is 734. The minimum atomic E-state index is 0.0115. The highest BCUT2D eigenvalue weighted by atomic mass is 16.3. The minimum Gasteiger partial charge on any atom is -0.507 e. The molecule has 1 aromatic carbocycles. The van der Waals surface area contributed by atoms with Gasteiger partial charge >= 0.3 is 0 Å². The van der Waals surface area contributed by atoms with Gasteiger partial charge in [0.25, 0.3) is 0 Å². The lowest BCUT2D eigenvalue weighted by atomic mass is 10.1. The molecule has 2 bridgehead atoms. The van der Waals surface area contributed by atoms with Crippen LogP contribution in [0.4, 0.5) is 5.82 Å². The van der Waals surface area contributed by atoms with E-state index in [1.54, 1.807) is 24.3 Å². The lowest BCUT2D eigenvalue weighted by molar-refractivity contribution is 0.0956. The maximum atomic E-state index is 12.3. The standard InChI is InChI=1S/C19H21N3O2/c23-17-6-2-1-5-16(17)18(24)8-10-21-12-15-11-14(21)13-22(15)19-7-3-4-9-20-19/h1-7,9,14-15,23H,8,10-13H2/t14-,15-/m1/s1. The molecule has 1 aromatic heterocycles. The molecule has 2 fully saturated rings. The first kappa shape index (κ1) is 15.1. The van der Waals surface area contributed by atoms with Crippen LogP contribution in [0.2, 0.25) is 0 Å². The van der Waals surface area contributed by atoms with E-state index in [4.69, 9.17) is 0 Å². The van der Waals surface area contributed by atoms with E-state index in [9.17, 15) is 9.90 Å². The molecule has 3 heterocycles. The van der Waals surface area contributed by atoms with Crippen molar-refractivity contribution < 1.29 is 9.90 Å². The van der Waals surface area contributed by atoms with Crippen LogP contribution < -0.4 is 4.90 Å². The highest BCUT2D eigenvalue weighted by molar-refractivity contribution is 5.98. The number of aromatic hydroxyl groups is 1. The number of rotatable bonds is 5. The number of para-hydroxylation sites is 1. The van der Waals surface area contributed by atoms with Crippen LogP contribution in [0.5, 0.6) is 5.75 Å². The number of anilines is 1. The van der Waals surface area contributed by atoms with Crippen molar-refractivity contribution in [2.45, 2.75) is 24.9 Å². The van der Waals surface area contributed by atoms with Crippen LogP contribution >= 0.6 is 0 Å². The van der Waals surface area contributed by atoms with E-state index >= 15 is 0 Å². The highest BCUT2D eigenvalue weighted by Gasteiger charge is 2.43. The first-order valence-corrected chi connectivity index (χ1v) is 8.45. The smallest absolute Gasteiger partial charge is 0.167 e. The monoisotopic (exact) mass is 323 g/mol. The zero-order valence-electron chi connectivity index (χ0n) is 13.5. The van der Waals surface area contributed by atoms with E-state index in [0.717, 1.165) is 31.9 Å². The zero-order chi connectivity index (χ0) is 16.5. The maximum Gasteiger partial charge on any atom is 0.167 e. The number of carbonyl (C=O) groups is 1. The summed E-state index contributed by atoms with van der Waals surface area (Å²) in [6.45, 7) is 2.71. The first-order chi connectivity index (χ1) is 11.7. The van der Waals surface area contributed by atoms with Crippen molar-refractivity contribution in [1.82, 2.24) is 9.88 Å². The third-order valence-corrected chi connectivity index (χ3v) is 5.13. The van der Waals surface area contributed by atoms with Crippen LogP contribution in [0.3, 0.4) is 0 Å². The summed E-state index contributed by atoms with van der Waals surface area (Å²) in [6.07, 6.45) is 3.43. The van der Waals surface area contributed by atoms with Crippen molar-refractivity contribution in [2.75, 3.05) is 24.5 Å². The quantitative estimate of drug-likeness (QED) is 0.856. The fourth-order valence-corrected chi connectivity index (χ4v) is 3.92. The van der Waals surface area contributed by atoms with Gasteiger partial charge in [0.05, 0.1) is 5.56 Å².